The summed E-state index contributed by atoms with van der Waals surface area (Å²) in [4.78, 5) is 11.1. The molecule has 1 aliphatic heterocycles. The predicted octanol–water partition coefficient (Wildman–Crippen LogP) is 2.44. The number of hydrogen-bond donors (Lipinski definition) is 1. The molecule has 1 saturated heterocycles. The number of halogens is 1. The van der Waals surface area contributed by atoms with Gasteiger partial charge in [0.15, 0.2) is 0 Å². The average molecular weight is 299 g/mol. The first-order valence-corrected chi connectivity index (χ1v) is 6.97. The van der Waals surface area contributed by atoms with Crippen LogP contribution in [-0.4, -0.2) is 40.5 Å². The minimum Gasteiger partial charge on any atom is -0.368 e. The number of rotatable bonds is 4. The van der Waals surface area contributed by atoms with E-state index in [0.717, 1.165) is 29.3 Å². The van der Waals surface area contributed by atoms with Gasteiger partial charge >= 0.3 is 0 Å². The van der Waals surface area contributed by atoms with Crippen LogP contribution in [0.5, 0.6) is 0 Å². The summed E-state index contributed by atoms with van der Waals surface area (Å²) in [5.74, 6) is 1.70. The Morgan fingerprint density at radius 3 is 3.06 bits per heavy atom. The van der Waals surface area contributed by atoms with Gasteiger partial charge in [0.25, 0.3) is 0 Å². The molecule has 94 valence electrons. The van der Waals surface area contributed by atoms with E-state index in [9.17, 15) is 0 Å². The number of likely N-dealkylation sites (N-methyl/N-ethyl adjacent to an activating group) is 1. The standard InChI is InChI=1S/C12H19BrN4/c1-3-17-6-4-5-10(17)8-14-12-7-11(13)15-9(2)16-12/h7,10H,3-6,8H2,1-2H3,(H,14,15,16). The van der Waals surface area contributed by atoms with Crippen molar-refractivity contribution >= 4 is 21.7 Å². The van der Waals surface area contributed by atoms with Crippen molar-refractivity contribution in [1.82, 2.24) is 14.9 Å². The van der Waals surface area contributed by atoms with Gasteiger partial charge in [0.2, 0.25) is 0 Å². The predicted molar refractivity (Wildman–Crippen MR) is 73.2 cm³/mol. The molecule has 0 spiro atoms. The Labute approximate surface area is 111 Å². The highest BCUT2D eigenvalue weighted by Gasteiger charge is 2.22. The van der Waals surface area contributed by atoms with Crippen LogP contribution in [0.3, 0.4) is 0 Å². The molecule has 1 unspecified atom stereocenters. The highest BCUT2D eigenvalue weighted by Crippen LogP contribution is 2.18. The molecule has 0 saturated carbocycles. The Morgan fingerprint density at radius 2 is 2.35 bits per heavy atom. The van der Waals surface area contributed by atoms with E-state index >= 15 is 0 Å². The first kappa shape index (κ1) is 12.8. The summed E-state index contributed by atoms with van der Waals surface area (Å²) in [5, 5.41) is 3.41. The van der Waals surface area contributed by atoms with E-state index in [-0.39, 0.29) is 0 Å². The molecular formula is C12H19BrN4. The second-order valence-corrected chi connectivity index (χ2v) is 5.24. The molecule has 1 fully saturated rings. The normalized spacial score (nSPS) is 20.8. The van der Waals surface area contributed by atoms with Crippen LogP contribution in [0.2, 0.25) is 0 Å². The Bertz CT molecular complexity index is 363. The third kappa shape index (κ3) is 3.39. The number of anilines is 1. The fourth-order valence-corrected chi connectivity index (χ4v) is 2.86. The third-order valence-electron chi connectivity index (χ3n) is 3.23. The number of hydrogen-bond acceptors (Lipinski definition) is 4. The van der Waals surface area contributed by atoms with Gasteiger partial charge < -0.3 is 5.32 Å². The minimum atomic E-state index is 0.647. The van der Waals surface area contributed by atoms with Crippen LogP contribution in [-0.2, 0) is 0 Å². The van der Waals surface area contributed by atoms with Gasteiger partial charge in [-0.3, -0.25) is 4.90 Å². The topological polar surface area (TPSA) is 41.0 Å². The van der Waals surface area contributed by atoms with Gasteiger partial charge in [0.1, 0.15) is 16.2 Å². The second-order valence-electron chi connectivity index (χ2n) is 4.43. The summed E-state index contributed by atoms with van der Waals surface area (Å²) in [6, 6.07) is 2.58. The summed E-state index contributed by atoms with van der Waals surface area (Å²) >= 11 is 3.39. The Morgan fingerprint density at radius 1 is 1.53 bits per heavy atom. The van der Waals surface area contributed by atoms with Gasteiger partial charge in [-0.2, -0.15) is 0 Å². The molecule has 0 bridgehead atoms. The molecule has 1 N–H and O–H groups in total. The van der Waals surface area contributed by atoms with Crippen LogP contribution in [0.1, 0.15) is 25.6 Å². The first-order valence-electron chi connectivity index (χ1n) is 6.18. The highest BCUT2D eigenvalue weighted by atomic mass is 79.9. The first-order chi connectivity index (χ1) is 8.19. The lowest BCUT2D eigenvalue weighted by molar-refractivity contribution is 0.277. The van der Waals surface area contributed by atoms with Crippen LogP contribution in [0.25, 0.3) is 0 Å². The molecule has 0 aromatic carbocycles. The van der Waals surface area contributed by atoms with E-state index in [2.05, 4.69) is 43.0 Å². The molecule has 2 heterocycles. The molecule has 1 aromatic heterocycles. The van der Waals surface area contributed by atoms with Crippen LogP contribution < -0.4 is 5.32 Å². The number of likely N-dealkylation sites (tertiary alicyclic amines) is 1. The number of nitrogens with zero attached hydrogens (tertiary/aromatic N) is 3. The monoisotopic (exact) mass is 298 g/mol. The smallest absolute Gasteiger partial charge is 0.130 e. The largest absolute Gasteiger partial charge is 0.368 e. The number of aromatic nitrogens is 2. The SMILES string of the molecule is CCN1CCCC1CNc1cc(Br)nc(C)n1. The molecule has 1 aromatic rings. The average Bonchev–Trinajstić information content (AvgIpc) is 2.72. The van der Waals surface area contributed by atoms with Crippen molar-refractivity contribution in [3.05, 3.63) is 16.5 Å². The lowest BCUT2D eigenvalue weighted by Gasteiger charge is -2.23. The minimum absolute atomic E-state index is 0.647. The molecule has 2 rings (SSSR count). The molecule has 17 heavy (non-hydrogen) atoms. The second kappa shape index (κ2) is 5.78. The third-order valence-corrected chi connectivity index (χ3v) is 3.64. The molecule has 5 heteroatoms. The summed E-state index contributed by atoms with van der Waals surface area (Å²) in [7, 11) is 0. The van der Waals surface area contributed by atoms with E-state index in [0.29, 0.717) is 6.04 Å². The number of nitrogens with one attached hydrogen (secondary N) is 1. The van der Waals surface area contributed by atoms with Crippen molar-refractivity contribution in [2.24, 2.45) is 0 Å². The van der Waals surface area contributed by atoms with Crippen molar-refractivity contribution in [3.63, 3.8) is 0 Å². The summed E-state index contributed by atoms with van der Waals surface area (Å²) in [5.41, 5.74) is 0. The maximum Gasteiger partial charge on any atom is 0.130 e. The fraction of sp³-hybridized carbons (Fsp3) is 0.667. The van der Waals surface area contributed by atoms with Crippen molar-refractivity contribution in [2.45, 2.75) is 32.7 Å². The lowest BCUT2D eigenvalue weighted by atomic mass is 10.2. The zero-order chi connectivity index (χ0) is 12.3. The summed E-state index contributed by atoms with van der Waals surface area (Å²) in [6.45, 7) is 7.47. The van der Waals surface area contributed by atoms with Crippen molar-refractivity contribution < 1.29 is 0 Å². The van der Waals surface area contributed by atoms with Crippen molar-refractivity contribution in [1.29, 1.82) is 0 Å². The molecule has 0 aliphatic carbocycles. The summed E-state index contributed by atoms with van der Waals surface area (Å²) < 4.78 is 0.839. The Hall–Kier alpha value is -0.680. The fourth-order valence-electron chi connectivity index (χ4n) is 2.39. The van der Waals surface area contributed by atoms with Gasteiger partial charge in [0, 0.05) is 18.7 Å². The van der Waals surface area contributed by atoms with Crippen LogP contribution in [0.4, 0.5) is 5.82 Å². The Kier molecular flexibility index (Phi) is 4.34. The Balaban J connectivity index is 1.93. The maximum absolute atomic E-state index is 4.38. The van der Waals surface area contributed by atoms with E-state index < -0.39 is 0 Å². The molecule has 1 aliphatic rings. The molecule has 0 amide bonds. The van der Waals surface area contributed by atoms with Gasteiger partial charge in [-0.15, -0.1) is 0 Å². The van der Waals surface area contributed by atoms with Crippen molar-refractivity contribution in [3.8, 4) is 0 Å². The van der Waals surface area contributed by atoms with E-state index in [1.165, 1.54) is 19.4 Å². The zero-order valence-corrected chi connectivity index (χ0v) is 12.0. The zero-order valence-electron chi connectivity index (χ0n) is 10.4. The van der Waals surface area contributed by atoms with Crippen molar-refractivity contribution in [2.75, 3.05) is 25.0 Å². The lowest BCUT2D eigenvalue weighted by Crippen LogP contribution is -2.34. The highest BCUT2D eigenvalue weighted by molar-refractivity contribution is 9.10. The molecule has 4 nitrogen and oxygen atoms in total. The quantitative estimate of drug-likeness (QED) is 0.867. The number of aryl methyl sites for hydroxylation is 1. The van der Waals surface area contributed by atoms with Crippen LogP contribution >= 0.6 is 15.9 Å². The van der Waals surface area contributed by atoms with E-state index in [4.69, 9.17) is 0 Å². The van der Waals surface area contributed by atoms with E-state index in [1.54, 1.807) is 0 Å². The van der Waals surface area contributed by atoms with E-state index in [1.807, 2.05) is 13.0 Å². The van der Waals surface area contributed by atoms with Gasteiger partial charge in [-0.25, -0.2) is 9.97 Å². The molecule has 0 radical (unpaired) electrons. The van der Waals surface area contributed by atoms with Gasteiger partial charge in [-0.1, -0.05) is 6.92 Å². The maximum atomic E-state index is 4.38. The molecular weight excluding hydrogens is 280 g/mol. The van der Waals surface area contributed by atoms with Crippen LogP contribution in [0.15, 0.2) is 10.7 Å². The van der Waals surface area contributed by atoms with Crippen LogP contribution in [0, 0.1) is 6.92 Å². The van der Waals surface area contributed by atoms with Gasteiger partial charge in [0.05, 0.1) is 0 Å². The summed E-state index contributed by atoms with van der Waals surface area (Å²) in [6.07, 6.45) is 2.60. The van der Waals surface area contributed by atoms with Gasteiger partial charge in [-0.05, 0) is 48.8 Å². The molecule has 1 atom stereocenters.